The Hall–Kier alpha value is -4.45. The fourth-order valence-corrected chi connectivity index (χ4v) is 8.58. The van der Waals surface area contributed by atoms with E-state index in [1.807, 2.05) is 36.6 Å². The molecule has 0 bridgehead atoms. The highest BCUT2D eigenvalue weighted by Gasteiger charge is 2.38. The topological polar surface area (TPSA) is 321 Å². The number of hydrogen-bond donors (Lipinski definition) is 8. The third kappa shape index (κ3) is 21.2. The van der Waals surface area contributed by atoms with Crippen LogP contribution in [0.3, 0.4) is 0 Å². The number of aromatic nitrogens is 3. The molecule has 0 unspecified atom stereocenters. The van der Waals surface area contributed by atoms with Crippen LogP contribution in [-0.2, 0) is 71.5 Å². The van der Waals surface area contributed by atoms with E-state index >= 15 is 0 Å². The zero-order valence-corrected chi connectivity index (χ0v) is 41.7. The second-order valence-corrected chi connectivity index (χ2v) is 19.1. The molecule has 69 heavy (non-hydrogen) atoms. The Morgan fingerprint density at radius 2 is 1.68 bits per heavy atom. The van der Waals surface area contributed by atoms with Gasteiger partial charge in [0.05, 0.1) is 75.8 Å². The molecule has 3 rings (SSSR count). The number of Topliss-reactive ketones (excluding diaryl/α,β-unsaturated/α-hetero) is 3. The van der Waals surface area contributed by atoms with Crippen molar-refractivity contribution in [2.75, 3.05) is 51.9 Å². The number of ketones is 3. The Kier molecular flexibility index (Phi) is 25.9. The molecule has 24 heteroatoms. The van der Waals surface area contributed by atoms with Gasteiger partial charge in [-0.3, -0.25) is 43.1 Å². The van der Waals surface area contributed by atoms with Gasteiger partial charge in [0.1, 0.15) is 17.9 Å². The average molecular weight is 1010 g/mol. The molecule has 0 aliphatic carbocycles. The van der Waals surface area contributed by atoms with Gasteiger partial charge in [-0.25, -0.2) is 9.55 Å². The van der Waals surface area contributed by atoms with Crippen molar-refractivity contribution in [2.45, 2.75) is 122 Å². The van der Waals surface area contributed by atoms with Gasteiger partial charge < -0.3 is 55.5 Å². The molecule has 1 aliphatic heterocycles. The molecule has 386 valence electrons. The third-order valence-corrected chi connectivity index (χ3v) is 12.5. The lowest BCUT2D eigenvalue weighted by atomic mass is 9.89. The van der Waals surface area contributed by atoms with Gasteiger partial charge in [0.25, 0.3) is 0 Å². The summed E-state index contributed by atoms with van der Waals surface area (Å²) < 4.78 is 29.0. The number of hydrogen-bond acceptors (Lipinski definition) is 16. The number of aryl methyl sites for hydroxylation is 2. The molecule has 3 heterocycles. The summed E-state index contributed by atoms with van der Waals surface area (Å²) in [5.41, 5.74) is 7.09. The van der Waals surface area contributed by atoms with Crippen LogP contribution >= 0.6 is 20.5 Å². The third-order valence-electron chi connectivity index (χ3n) is 11.5. The minimum Gasteiger partial charge on any atom is -0.394 e. The molecular formula is C45H71N8O14PS. The molecule has 0 radical (unpaired) electrons. The van der Waals surface area contributed by atoms with Crippen molar-refractivity contribution in [3.63, 3.8) is 0 Å². The molecule has 22 nitrogen and oxygen atoms in total. The number of nitrogens with one attached hydrogen (secondary N) is 3. The maximum Gasteiger partial charge on any atom is 0.469 e. The lowest BCUT2D eigenvalue weighted by molar-refractivity contribution is -0.140. The maximum absolute atomic E-state index is 14.4. The van der Waals surface area contributed by atoms with Crippen LogP contribution in [0.4, 0.5) is 0 Å². The van der Waals surface area contributed by atoms with Gasteiger partial charge >= 0.3 is 7.82 Å². The highest BCUT2D eigenvalue weighted by atomic mass is 32.1. The van der Waals surface area contributed by atoms with Crippen LogP contribution in [0.15, 0.2) is 36.9 Å². The van der Waals surface area contributed by atoms with E-state index in [4.69, 9.17) is 15.2 Å². The van der Waals surface area contributed by atoms with E-state index in [1.54, 1.807) is 18.7 Å². The number of aliphatic hydroxyl groups is 1. The molecular weight excluding hydrogens is 940 g/mol. The Labute approximate surface area is 408 Å². The van der Waals surface area contributed by atoms with Crippen LogP contribution in [0.1, 0.15) is 84.0 Å². The van der Waals surface area contributed by atoms with E-state index in [9.17, 15) is 53.0 Å². The Morgan fingerprint density at radius 1 is 0.971 bits per heavy atom. The number of aliphatic hydroxyl groups excluding tert-OH is 1. The first-order chi connectivity index (χ1) is 32.7. The molecule has 1 fully saturated rings. The lowest BCUT2D eigenvalue weighted by Gasteiger charge is -2.28. The first-order valence-corrected chi connectivity index (χ1v) is 25.4. The van der Waals surface area contributed by atoms with Gasteiger partial charge in [-0.05, 0) is 64.0 Å². The molecule has 2 aromatic heterocycles. The van der Waals surface area contributed by atoms with Gasteiger partial charge in [-0.2, -0.15) is 12.6 Å². The lowest BCUT2D eigenvalue weighted by Crippen LogP contribution is -2.52. The first-order valence-electron chi connectivity index (χ1n) is 23.2. The maximum atomic E-state index is 14.4. The second kappa shape index (κ2) is 30.3. The summed E-state index contributed by atoms with van der Waals surface area (Å²) in [6.07, 6.45) is 4.84. The van der Waals surface area contributed by atoms with Crippen molar-refractivity contribution in [3.05, 3.63) is 48.3 Å². The summed E-state index contributed by atoms with van der Waals surface area (Å²) in [5.74, 6) is -6.21. The number of thiol groups is 1. The fraction of sp³-hybridized carbons (Fsp3) is 0.667. The predicted molar refractivity (Wildman–Crippen MR) is 254 cm³/mol. The number of imidazole rings is 1. The Bertz CT molecular complexity index is 2020. The van der Waals surface area contributed by atoms with Gasteiger partial charge in [0.15, 0.2) is 11.6 Å². The van der Waals surface area contributed by atoms with Crippen molar-refractivity contribution in [3.8, 4) is 0 Å². The molecule has 1 aliphatic rings. The summed E-state index contributed by atoms with van der Waals surface area (Å²) in [4.78, 5) is 122. The smallest absolute Gasteiger partial charge is 0.394 e. The van der Waals surface area contributed by atoms with E-state index in [-0.39, 0.29) is 75.7 Å². The number of nitrogens with two attached hydrogens (primary N) is 1. The summed E-state index contributed by atoms with van der Waals surface area (Å²) in [5, 5.41) is 18.3. The minimum atomic E-state index is -5.04. The SMILES string of the molecule is CC(=O)[C@@H](CC(=O)[C@H](CO)NC(=O)[C@@H](CC(=O)[C@H](CC(C)C)NC(=O)[C@@H]1CCCN1C(=O)CCOCCOCCNC(=O)[C@@H](N)CS)Cc1cncn1CCCc1ccccn1)[C@@H](C)OP(=O)(O)O. The van der Waals surface area contributed by atoms with E-state index in [0.717, 1.165) is 12.6 Å². The number of amides is 4. The summed E-state index contributed by atoms with van der Waals surface area (Å²) in [6.45, 7) is 7.00. The van der Waals surface area contributed by atoms with E-state index < -0.39 is 98.5 Å². The zero-order chi connectivity index (χ0) is 51.1. The van der Waals surface area contributed by atoms with Crippen molar-refractivity contribution in [1.82, 2.24) is 35.4 Å². The fourth-order valence-electron chi connectivity index (χ4n) is 7.83. The number of phosphoric acid groups is 1. The Morgan fingerprint density at radius 3 is 2.32 bits per heavy atom. The molecule has 0 saturated carbocycles. The van der Waals surface area contributed by atoms with Crippen molar-refractivity contribution in [2.24, 2.45) is 23.5 Å². The van der Waals surface area contributed by atoms with Crippen molar-refractivity contribution in [1.29, 1.82) is 0 Å². The van der Waals surface area contributed by atoms with Gasteiger partial charge in [0, 0.05) is 68.4 Å². The van der Waals surface area contributed by atoms with Gasteiger partial charge in [-0.1, -0.05) is 19.9 Å². The van der Waals surface area contributed by atoms with Crippen LogP contribution in [0.2, 0.25) is 0 Å². The number of nitrogens with zero attached hydrogens (tertiary/aromatic N) is 4. The van der Waals surface area contributed by atoms with Crippen LogP contribution in [0.25, 0.3) is 0 Å². The summed E-state index contributed by atoms with van der Waals surface area (Å²) in [7, 11) is -5.04. The number of pyridine rings is 1. The number of carbonyl (C=O) groups excluding carboxylic acids is 7. The molecule has 2 aromatic rings. The van der Waals surface area contributed by atoms with Crippen molar-refractivity contribution < 1.29 is 67.0 Å². The molecule has 0 spiro atoms. The molecule has 8 N–H and O–H groups in total. The summed E-state index contributed by atoms with van der Waals surface area (Å²) >= 11 is 3.99. The van der Waals surface area contributed by atoms with E-state index in [2.05, 4.69) is 43.1 Å². The number of likely N-dealkylation sites (tertiary alicyclic amines) is 1. The highest BCUT2D eigenvalue weighted by Crippen LogP contribution is 2.39. The number of phosphoric ester groups is 1. The summed E-state index contributed by atoms with van der Waals surface area (Å²) in [6, 6.07) is 1.44. The molecule has 7 atom stereocenters. The normalized spacial score (nSPS) is 16.6. The standard InChI is InChI=1S/C45H71N8O14PS/c1-29(2)21-37(50-45(61)39-11-8-16-53(39)42(58)12-17-65-19-20-66-18-14-49-44(60)36(46)27-69)40(56)23-32(22-34-25-47-28-52(34)15-7-10-33-9-5-6-13-48-33)43(59)51-38(26-54)41(57)24-35(30(3)55)31(4)67-68(62,63)64/h5-6,9,13,25,28-29,31-32,35-39,54,69H,7-8,10-12,14-24,26-27,46H2,1-4H3,(H,49,60)(H,50,61)(H,51,59)(H2,62,63,64)/t31-,32-,35-,36+,37+,38+,39+/m1/s1. The van der Waals surface area contributed by atoms with E-state index in [1.165, 1.54) is 11.8 Å². The van der Waals surface area contributed by atoms with Gasteiger partial charge in [-0.15, -0.1) is 0 Å². The van der Waals surface area contributed by atoms with Gasteiger partial charge in [0.2, 0.25) is 23.6 Å². The largest absolute Gasteiger partial charge is 0.469 e. The highest BCUT2D eigenvalue weighted by molar-refractivity contribution is 7.80. The average Bonchev–Trinajstić information content (AvgIpc) is 3.98. The number of rotatable bonds is 34. The predicted octanol–water partition coefficient (Wildman–Crippen LogP) is 0.487. The van der Waals surface area contributed by atoms with Crippen LogP contribution in [0.5, 0.6) is 0 Å². The number of ether oxygens (including phenoxy) is 2. The van der Waals surface area contributed by atoms with Crippen LogP contribution in [-0.4, -0.2) is 157 Å². The molecule has 1 saturated heterocycles. The van der Waals surface area contributed by atoms with Crippen LogP contribution in [0, 0.1) is 17.8 Å². The Balaban J connectivity index is 1.73. The minimum absolute atomic E-state index is 0.000721. The first kappa shape index (κ1) is 58.9. The van der Waals surface area contributed by atoms with E-state index in [0.29, 0.717) is 44.5 Å². The number of carbonyl (C=O) groups is 7. The van der Waals surface area contributed by atoms with Crippen LogP contribution < -0.4 is 21.7 Å². The van der Waals surface area contributed by atoms with Crippen molar-refractivity contribution >= 4 is 61.4 Å². The molecule has 4 amide bonds. The second-order valence-electron chi connectivity index (χ2n) is 17.5. The zero-order valence-electron chi connectivity index (χ0n) is 39.9. The molecule has 0 aromatic carbocycles. The monoisotopic (exact) mass is 1010 g/mol. The quantitative estimate of drug-likeness (QED) is 0.0269.